The van der Waals surface area contributed by atoms with E-state index in [1.165, 1.54) is 0 Å². The van der Waals surface area contributed by atoms with Gasteiger partial charge in [0.2, 0.25) is 0 Å². The smallest absolute Gasteiger partial charge is 0.137 e. The van der Waals surface area contributed by atoms with Crippen LogP contribution >= 0.6 is 0 Å². The summed E-state index contributed by atoms with van der Waals surface area (Å²) < 4.78 is 7.10. The first-order chi connectivity index (χ1) is 5.75. The number of aromatic nitrogens is 6. The summed E-state index contributed by atoms with van der Waals surface area (Å²) in [5.41, 5.74) is 0. The molecule has 2 aromatic heterocycles. The van der Waals surface area contributed by atoms with E-state index in [1.54, 1.807) is 22.0 Å². The first-order valence-electron chi connectivity index (χ1n) is 3.56. The number of nitrogens with zero attached hydrogens (tertiary/aromatic N) is 6. The van der Waals surface area contributed by atoms with Gasteiger partial charge in [0.25, 0.3) is 12.7 Å². The molecule has 2 heterocycles. The van der Waals surface area contributed by atoms with Gasteiger partial charge >= 0.3 is 12.7 Å². The van der Waals surface area contributed by atoms with Gasteiger partial charge in [0.15, 0.2) is 0 Å². The third-order valence-corrected chi connectivity index (χ3v) is 1.54. The van der Waals surface area contributed by atoms with E-state index in [0.717, 1.165) is 0 Å². The molecule has 0 amide bonds. The quantitative estimate of drug-likeness (QED) is 0.462. The predicted molar refractivity (Wildman–Crippen MR) is 37.6 cm³/mol. The summed E-state index contributed by atoms with van der Waals surface area (Å²) >= 11 is 0. The molecule has 62 valence electrons. The van der Waals surface area contributed by atoms with Gasteiger partial charge < -0.3 is 0 Å². The highest BCUT2D eigenvalue weighted by Crippen LogP contribution is 1.81. The molecule has 0 saturated heterocycles. The average molecular weight is 166 g/mol. The molecule has 0 aromatic carbocycles. The number of aryl methyl sites for hydroxylation is 2. The summed E-state index contributed by atoms with van der Waals surface area (Å²) in [5.74, 6) is 0. The van der Waals surface area contributed by atoms with Gasteiger partial charge in [0, 0.05) is 0 Å². The molecule has 0 unspecified atom stereocenters. The van der Waals surface area contributed by atoms with Crippen molar-refractivity contribution in [2.24, 2.45) is 14.1 Å². The van der Waals surface area contributed by atoms with Crippen LogP contribution in [0.2, 0.25) is 0 Å². The molecule has 0 aliphatic carbocycles. The van der Waals surface area contributed by atoms with Gasteiger partial charge in [-0.3, -0.25) is 0 Å². The Hall–Kier alpha value is -1.72. The molecule has 0 saturated carbocycles. The zero-order chi connectivity index (χ0) is 8.55. The highest BCUT2D eigenvalue weighted by atomic mass is 15.6. The van der Waals surface area contributed by atoms with Crippen LogP contribution in [0.3, 0.4) is 0 Å². The zero-order valence-electron chi connectivity index (χ0n) is 6.99. The summed E-state index contributed by atoms with van der Waals surface area (Å²) in [6.45, 7) is 0. The lowest BCUT2D eigenvalue weighted by Gasteiger charge is -1.79. The van der Waals surface area contributed by atoms with Gasteiger partial charge in [-0.2, -0.15) is 0 Å². The fourth-order valence-corrected chi connectivity index (χ4v) is 0.969. The van der Waals surface area contributed by atoms with Crippen LogP contribution in [0.15, 0.2) is 25.3 Å². The molecule has 0 aliphatic heterocycles. The van der Waals surface area contributed by atoms with Crippen molar-refractivity contribution in [1.29, 1.82) is 0 Å². The predicted octanol–water partition coefficient (Wildman–Crippen LogP) is -1.96. The van der Waals surface area contributed by atoms with Crippen LogP contribution in [0.5, 0.6) is 0 Å². The van der Waals surface area contributed by atoms with E-state index in [0.29, 0.717) is 0 Å². The highest BCUT2D eigenvalue weighted by molar-refractivity contribution is 4.61. The first kappa shape index (κ1) is 6.96. The third-order valence-electron chi connectivity index (χ3n) is 1.54. The number of hydrogen-bond donors (Lipinski definition) is 0. The maximum absolute atomic E-state index is 4.02. The van der Waals surface area contributed by atoms with Crippen molar-refractivity contribution < 1.29 is 9.36 Å². The Morgan fingerprint density at radius 1 is 0.917 bits per heavy atom. The summed E-state index contributed by atoms with van der Waals surface area (Å²) in [4.78, 5) is 0. The highest BCUT2D eigenvalue weighted by Gasteiger charge is 2.10. The molecule has 0 atom stereocenters. The maximum atomic E-state index is 4.02. The average Bonchev–Trinajstić information content (AvgIpc) is 2.58. The van der Waals surface area contributed by atoms with E-state index >= 15 is 0 Å². The SMILES string of the molecule is C[n+]1cn(-n2cn[n+](C)c2)cn1. The molecule has 6 heteroatoms. The van der Waals surface area contributed by atoms with Gasteiger partial charge in [0.05, 0.1) is 0 Å². The summed E-state index contributed by atoms with van der Waals surface area (Å²) in [7, 11) is 3.74. The second-order valence-corrected chi connectivity index (χ2v) is 2.60. The second-order valence-electron chi connectivity index (χ2n) is 2.60. The van der Waals surface area contributed by atoms with Gasteiger partial charge in [-0.05, 0) is 19.5 Å². The van der Waals surface area contributed by atoms with Crippen LogP contribution in [-0.2, 0) is 14.1 Å². The lowest BCUT2D eigenvalue weighted by atomic mass is 11.1. The Morgan fingerprint density at radius 3 is 1.58 bits per heavy atom. The molecule has 0 bridgehead atoms. The van der Waals surface area contributed by atoms with Crippen LogP contribution in [0.4, 0.5) is 0 Å². The van der Waals surface area contributed by atoms with E-state index < -0.39 is 0 Å². The molecular formula is C6H10N6+2. The lowest BCUT2D eigenvalue weighted by Crippen LogP contribution is -2.30. The van der Waals surface area contributed by atoms with Gasteiger partial charge in [-0.1, -0.05) is 0 Å². The molecule has 2 rings (SSSR count). The molecule has 2 aromatic rings. The Balaban J connectivity index is 2.43. The molecular weight excluding hydrogens is 156 g/mol. The van der Waals surface area contributed by atoms with Crippen molar-refractivity contribution in [3.05, 3.63) is 25.3 Å². The Bertz CT molecular complexity index is 348. The molecule has 0 N–H and O–H groups in total. The van der Waals surface area contributed by atoms with Crippen molar-refractivity contribution in [2.75, 3.05) is 0 Å². The van der Waals surface area contributed by atoms with E-state index in [9.17, 15) is 0 Å². The van der Waals surface area contributed by atoms with Crippen LogP contribution in [0.1, 0.15) is 0 Å². The molecule has 6 nitrogen and oxygen atoms in total. The monoisotopic (exact) mass is 166 g/mol. The maximum Gasteiger partial charge on any atom is 0.308 e. The van der Waals surface area contributed by atoms with E-state index in [-0.39, 0.29) is 0 Å². The molecule has 0 radical (unpaired) electrons. The fraction of sp³-hybridized carbons (Fsp3) is 0.333. The lowest BCUT2D eigenvalue weighted by molar-refractivity contribution is -0.730. The fourth-order valence-electron chi connectivity index (χ4n) is 0.969. The van der Waals surface area contributed by atoms with Crippen LogP contribution in [0, 0.1) is 0 Å². The van der Waals surface area contributed by atoms with Crippen molar-refractivity contribution in [1.82, 2.24) is 19.5 Å². The number of rotatable bonds is 1. The van der Waals surface area contributed by atoms with Crippen LogP contribution in [-0.4, -0.2) is 19.5 Å². The second kappa shape index (κ2) is 2.40. The molecule has 0 aliphatic rings. The van der Waals surface area contributed by atoms with Crippen LogP contribution in [0.25, 0.3) is 0 Å². The summed E-state index contributed by atoms with van der Waals surface area (Å²) in [5, 5.41) is 8.05. The summed E-state index contributed by atoms with van der Waals surface area (Å²) in [6, 6.07) is 0. The van der Waals surface area contributed by atoms with Gasteiger partial charge in [-0.25, -0.2) is 0 Å². The normalized spacial score (nSPS) is 10.5. The topological polar surface area (TPSA) is 43.4 Å². The van der Waals surface area contributed by atoms with Crippen molar-refractivity contribution in [3.63, 3.8) is 0 Å². The third kappa shape index (κ3) is 1.07. The molecule has 0 fully saturated rings. The number of hydrogen-bond acceptors (Lipinski definition) is 2. The van der Waals surface area contributed by atoms with E-state index in [1.807, 2.05) is 36.1 Å². The van der Waals surface area contributed by atoms with Gasteiger partial charge in [0.1, 0.15) is 14.1 Å². The largest absolute Gasteiger partial charge is 0.308 e. The van der Waals surface area contributed by atoms with Crippen molar-refractivity contribution >= 4 is 0 Å². The minimum atomic E-state index is 1.71. The minimum absolute atomic E-state index is 1.71. The Kier molecular flexibility index (Phi) is 1.39. The standard InChI is InChI=1S/C6H10N6/c1-9-5-11(3-7-9)12-4-8-10(2)6-12/h3-6H,1-2H3/q+2. The van der Waals surface area contributed by atoms with Crippen molar-refractivity contribution in [2.45, 2.75) is 0 Å². The first-order valence-corrected chi connectivity index (χ1v) is 3.56. The van der Waals surface area contributed by atoms with Gasteiger partial charge in [-0.15, -0.1) is 9.36 Å². The van der Waals surface area contributed by atoms with E-state index in [4.69, 9.17) is 0 Å². The van der Waals surface area contributed by atoms with Crippen LogP contribution < -0.4 is 9.36 Å². The minimum Gasteiger partial charge on any atom is -0.137 e. The summed E-state index contributed by atoms with van der Waals surface area (Å²) in [6.07, 6.45) is 7.12. The van der Waals surface area contributed by atoms with Crippen molar-refractivity contribution in [3.8, 4) is 0 Å². The zero-order valence-corrected chi connectivity index (χ0v) is 6.99. The molecule has 12 heavy (non-hydrogen) atoms. The van der Waals surface area contributed by atoms with E-state index in [2.05, 4.69) is 10.2 Å². The Morgan fingerprint density at radius 2 is 1.33 bits per heavy atom. The molecule has 0 spiro atoms. The Labute approximate surface area is 69.3 Å².